The number of likely N-dealkylation sites (tertiary alicyclic amines) is 2. The Morgan fingerprint density at radius 1 is 0.518 bits per heavy atom. The van der Waals surface area contributed by atoms with Crippen LogP contribution in [0.2, 0.25) is 10.0 Å². The van der Waals surface area contributed by atoms with Gasteiger partial charge in [0.25, 0.3) is 12.2 Å². The van der Waals surface area contributed by atoms with Gasteiger partial charge in [0.2, 0.25) is 0 Å². The normalized spacial score (nSPS) is 21.7. The van der Waals surface area contributed by atoms with Crippen molar-refractivity contribution in [1.29, 1.82) is 0 Å². The summed E-state index contributed by atoms with van der Waals surface area (Å²) < 4.78 is 168. The molecular formula is C52H66Cl2F12N8O9. The molecule has 0 bridgehead atoms. The zero-order valence-corrected chi connectivity index (χ0v) is 47.6. The Morgan fingerprint density at radius 2 is 0.880 bits per heavy atom. The van der Waals surface area contributed by atoms with Crippen LogP contribution in [0.3, 0.4) is 0 Å². The summed E-state index contributed by atoms with van der Waals surface area (Å²) >= 11 is 12.4. The second-order valence-corrected chi connectivity index (χ2v) is 23.8. The number of amides is 4. The molecule has 1 N–H and O–H groups in total. The van der Waals surface area contributed by atoms with Crippen molar-refractivity contribution in [3.63, 3.8) is 0 Å². The Bertz CT molecular complexity index is 2540. The average molecular weight is 1250 g/mol. The monoisotopic (exact) mass is 1240 g/mol. The number of carbonyl (C=O) groups excluding carboxylic acids is 5. The van der Waals surface area contributed by atoms with Gasteiger partial charge in [-0.3, -0.25) is 9.69 Å². The Hall–Kier alpha value is -5.55. The molecule has 17 nitrogen and oxygen atoms in total. The number of ether oxygens (including phenoxy) is 4. The molecule has 0 spiro atoms. The van der Waals surface area contributed by atoms with E-state index >= 15 is 0 Å². The van der Waals surface area contributed by atoms with Gasteiger partial charge in [-0.25, -0.2) is 19.2 Å². The summed E-state index contributed by atoms with van der Waals surface area (Å²) in [7, 11) is 0. The number of hydrogen-bond acceptors (Lipinski definition) is 13. The van der Waals surface area contributed by atoms with Crippen LogP contribution in [-0.2, 0) is 25.5 Å². The first-order valence-electron chi connectivity index (χ1n) is 26.4. The standard InChI is InChI=1S/C26H33ClF6N4O4.C18H23ClN2O3.C8H10F6N2O2/c1-24(2,3)41-23(39)37-14-17-12-36(13-18(17)15-37)20-10-19(27)5-4-16(20)11-34-6-8-35(9-7-34)22(38)40-21(25(28,29)30)26(31,32)33;1-18(2,3)24-17(23)21-9-13-7-20(8-14(13)10-21)16-6-15(19)5-4-12(16)11-22;9-7(10,11)5(8(12,13)14)18-6(17)16-3-1-15-2-4-16/h4-5,10,17-18,21H,6-9,11-15H2,1-3H3;4-6,11,13-14H,7-10H2,1-3H3;5,15H,1-4H2. The summed E-state index contributed by atoms with van der Waals surface area (Å²) in [5.41, 5.74) is 2.37. The lowest BCUT2D eigenvalue weighted by Gasteiger charge is -2.36. The van der Waals surface area contributed by atoms with Crippen molar-refractivity contribution >= 4 is 65.2 Å². The molecule has 6 heterocycles. The van der Waals surface area contributed by atoms with E-state index in [0.29, 0.717) is 60.2 Å². The van der Waals surface area contributed by atoms with Crippen LogP contribution in [0, 0.1) is 23.7 Å². The second kappa shape index (κ2) is 26.4. The van der Waals surface area contributed by atoms with Crippen LogP contribution in [0.25, 0.3) is 0 Å². The van der Waals surface area contributed by atoms with E-state index in [-0.39, 0.29) is 76.4 Å². The second-order valence-electron chi connectivity index (χ2n) is 22.9. The van der Waals surface area contributed by atoms with Gasteiger partial charge in [0, 0.05) is 162 Å². The highest BCUT2D eigenvalue weighted by Crippen LogP contribution is 2.41. The fraction of sp³-hybridized carbons (Fsp3) is 0.673. The van der Waals surface area contributed by atoms with Crippen molar-refractivity contribution in [3.8, 4) is 0 Å². The highest BCUT2D eigenvalue weighted by molar-refractivity contribution is 6.31. The number of fused-ring (bicyclic) bond motifs is 2. The maximum Gasteiger partial charge on any atom is 0.434 e. The minimum Gasteiger partial charge on any atom is -0.444 e. The van der Waals surface area contributed by atoms with E-state index in [1.54, 1.807) is 28.0 Å². The molecule has 6 saturated heterocycles. The van der Waals surface area contributed by atoms with E-state index < -0.39 is 60.3 Å². The molecule has 0 aliphatic carbocycles. The summed E-state index contributed by atoms with van der Waals surface area (Å²) in [6.07, 6.45) is -34.1. The third-order valence-electron chi connectivity index (χ3n) is 14.2. The number of carbonyl (C=O) groups is 5. The lowest BCUT2D eigenvalue weighted by atomic mass is 10.0. The molecule has 83 heavy (non-hydrogen) atoms. The average Bonchev–Trinajstić information content (AvgIpc) is 3.68. The number of nitrogens with one attached hydrogen (secondary N) is 1. The Balaban J connectivity index is 0.000000222. The van der Waals surface area contributed by atoms with Crippen molar-refractivity contribution in [3.05, 3.63) is 57.6 Å². The van der Waals surface area contributed by atoms with Crippen LogP contribution in [0.4, 0.5) is 83.2 Å². The van der Waals surface area contributed by atoms with Gasteiger partial charge < -0.3 is 53.7 Å². The van der Waals surface area contributed by atoms with Crippen LogP contribution < -0.4 is 15.1 Å². The van der Waals surface area contributed by atoms with Gasteiger partial charge in [0.05, 0.1) is 0 Å². The quantitative estimate of drug-likeness (QED) is 0.159. The highest BCUT2D eigenvalue weighted by atomic mass is 35.5. The van der Waals surface area contributed by atoms with Crippen LogP contribution in [0.15, 0.2) is 36.4 Å². The largest absolute Gasteiger partial charge is 0.444 e. The molecule has 2 aromatic carbocycles. The molecule has 4 atom stereocenters. The number of anilines is 2. The van der Waals surface area contributed by atoms with Crippen LogP contribution in [0.1, 0.15) is 57.5 Å². The van der Waals surface area contributed by atoms with Gasteiger partial charge in [-0.15, -0.1) is 0 Å². The molecule has 8 rings (SSSR count). The number of halogens is 14. The van der Waals surface area contributed by atoms with Gasteiger partial charge in [0.1, 0.15) is 11.2 Å². The van der Waals surface area contributed by atoms with Gasteiger partial charge in [0.15, 0.2) is 6.29 Å². The number of piperazine rings is 2. The summed E-state index contributed by atoms with van der Waals surface area (Å²) in [4.78, 5) is 70.8. The van der Waals surface area contributed by atoms with E-state index in [9.17, 15) is 76.7 Å². The SMILES string of the molecule is CC(C)(C)OC(=O)N1CC2CN(c3cc(Cl)ccc3C=O)CC2C1.CC(C)(C)OC(=O)N1CC2CN(c3cc(Cl)ccc3CN3CCN(C(=O)OC(C(F)(F)F)C(F)(F)F)CC3)CC2C1.O=C(OC(C(F)(F)F)C(F)(F)F)N1CCNCC1. The minimum atomic E-state index is -5.76. The fourth-order valence-corrected chi connectivity index (χ4v) is 10.7. The predicted octanol–water partition coefficient (Wildman–Crippen LogP) is 10.4. The molecule has 0 aromatic heterocycles. The van der Waals surface area contributed by atoms with E-state index in [2.05, 4.69) is 24.6 Å². The third-order valence-corrected chi connectivity index (χ3v) is 14.6. The highest BCUT2D eigenvalue weighted by Gasteiger charge is 2.61. The minimum absolute atomic E-state index is 0.00126. The Labute approximate surface area is 481 Å². The van der Waals surface area contributed by atoms with Gasteiger partial charge in [-0.05, 0) is 77.4 Å². The van der Waals surface area contributed by atoms with Gasteiger partial charge >= 0.3 is 49.1 Å². The molecule has 6 fully saturated rings. The topological polar surface area (TPSA) is 157 Å². The zero-order valence-electron chi connectivity index (χ0n) is 46.1. The number of hydrogen-bond donors (Lipinski definition) is 1. The number of nitrogens with zero attached hydrogens (tertiary/aromatic N) is 7. The van der Waals surface area contributed by atoms with Crippen LogP contribution >= 0.6 is 23.2 Å². The summed E-state index contributed by atoms with van der Waals surface area (Å²) in [6.45, 7) is 18.1. The molecule has 4 unspecified atom stereocenters. The van der Waals surface area contributed by atoms with Crippen LogP contribution in [0.5, 0.6) is 0 Å². The number of aldehydes is 1. The maximum atomic E-state index is 12.8. The third kappa shape index (κ3) is 18.7. The molecular weight excluding hydrogens is 1180 g/mol. The molecule has 4 amide bonds. The number of alkyl halides is 12. The number of benzene rings is 2. The maximum absolute atomic E-state index is 12.8. The smallest absolute Gasteiger partial charge is 0.434 e. The first-order chi connectivity index (χ1) is 38.3. The van der Waals surface area contributed by atoms with Crippen molar-refractivity contribution in [2.75, 3.05) is 115 Å². The predicted molar refractivity (Wildman–Crippen MR) is 278 cm³/mol. The number of rotatable bonds is 7. The van der Waals surface area contributed by atoms with Crippen molar-refractivity contribution in [2.45, 2.75) is 96.2 Å². The van der Waals surface area contributed by atoms with E-state index in [4.69, 9.17) is 32.7 Å². The summed E-state index contributed by atoms with van der Waals surface area (Å²) in [5.74, 6) is 1.33. The van der Waals surface area contributed by atoms with E-state index in [1.165, 1.54) is 0 Å². The van der Waals surface area contributed by atoms with E-state index in [0.717, 1.165) is 59.2 Å². The Kier molecular flexibility index (Phi) is 21.2. The molecule has 0 radical (unpaired) electrons. The molecule has 6 aliphatic heterocycles. The molecule has 31 heteroatoms. The molecule has 2 aromatic rings. The van der Waals surface area contributed by atoms with Crippen molar-refractivity contribution < 1.29 is 95.6 Å². The van der Waals surface area contributed by atoms with Gasteiger partial charge in [-0.2, -0.15) is 52.7 Å². The first-order valence-corrected chi connectivity index (χ1v) is 27.1. The molecule has 466 valence electrons. The van der Waals surface area contributed by atoms with Crippen LogP contribution in [-0.4, -0.2) is 208 Å². The molecule has 0 saturated carbocycles. The summed E-state index contributed by atoms with van der Waals surface area (Å²) in [6, 6.07) is 10.8. The zero-order chi connectivity index (χ0) is 61.8. The summed E-state index contributed by atoms with van der Waals surface area (Å²) in [5, 5.41) is 3.97. The first kappa shape index (κ1) is 66.6. The lowest BCUT2D eigenvalue weighted by molar-refractivity contribution is -0.309. The Morgan fingerprint density at radius 3 is 1.25 bits per heavy atom. The van der Waals surface area contributed by atoms with E-state index in [1.807, 2.05) is 64.6 Å². The van der Waals surface area contributed by atoms with Gasteiger partial charge in [-0.1, -0.05) is 29.3 Å². The lowest BCUT2D eigenvalue weighted by Crippen LogP contribution is -2.52. The molecule has 6 aliphatic rings. The van der Waals surface area contributed by atoms with Crippen molar-refractivity contribution in [1.82, 2.24) is 29.8 Å². The van der Waals surface area contributed by atoms with Crippen molar-refractivity contribution in [2.24, 2.45) is 23.7 Å². The fourth-order valence-electron chi connectivity index (χ4n) is 10.4.